The summed E-state index contributed by atoms with van der Waals surface area (Å²) in [4.78, 5) is 55.4. The highest BCUT2D eigenvalue weighted by molar-refractivity contribution is 6.01. The van der Waals surface area contributed by atoms with Crippen LogP contribution in [0.15, 0.2) is 24.3 Å². The first kappa shape index (κ1) is 31.4. The molecule has 0 aromatic heterocycles. The Morgan fingerprint density at radius 3 is 2.38 bits per heavy atom. The van der Waals surface area contributed by atoms with Crippen LogP contribution in [-0.4, -0.2) is 79.4 Å². The molecule has 0 saturated carbocycles. The number of nitrogens with one attached hydrogen (secondary N) is 4. The van der Waals surface area contributed by atoms with Gasteiger partial charge >= 0.3 is 0 Å². The maximum Gasteiger partial charge on any atom is 0.255 e. The molecule has 4 amide bonds. The zero-order valence-electron chi connectivity index (χ0n) is 24.5. The summed E-state index contributed by atoms with van der Waals surface area (Å²) in [6.07, 6.45) is 4.35. The standard InChI is InChI=1S/C30H47N5O5/c1-20(2)16-22-19-40-26-11-7-6-10-23(26)28(37)34-25(29(38)31-12-15-35-13-8-5-9-14-35)18-27(36)33-24(17-21(3)4)30(39)32-22/h6-7,10-11,20-22,24-25H,5,8-9,12-19H2,1-4H3,(H,31,38)(H,32,39)(H,33,36)(H,34,37)/t22-,24-,25+/m1/s1. The minimum absolute atomic E-state index is 0.148. The number of hydrogen-bond donors (Lipinski definition) is 4. The van der Waals surface area contributed by atoms with Crippen molar-refractivity contribution in [1.29, 1.82) is 0 Å². The Kier molecular flexibility index (Phi) is 12.2. The number of carbonyl (C=O) groups excluding carboxylic acids is 4. The van der Waals surface area contributed by atoms with Gasteiger partial charge in [0.05, 0.1) is 18.0 Å². The van der Waals surface area contributed by atoms with E-state index < -0.39 is 29.8 Å². The fourth-order valence-corrected chi connectivity index (χ4v) is 5.24. The largest absolute Gasteiger partial charge is 0.491 e. The monoisotopic (exact) mass is 557 g/mol. The van der Waals surface area contributed by atoms with E-state index in [2.05, 4.69) is 40.0 Å². The molecule has 1 aromatic rings. The van der Waals surface area contributed by atoms with Crippen LogP contribution in [0.5, 0.6) is 5.75 Å². The highest BCUT2D eigenvalue weighted by Gasteiger charge is 2.30. The highest BCUT2D eigenvalue weighted by atomic mass is 16.5. The van der Waals surface area contributed by atoms with Crippen molar-refractivity contribution in [2.45, 2.75) is 84.3 Å². The van der Waals surface area contributed by atoms with Crippen LogP contribution in [-0.2, 0) is 14.4 Å². The lowest BCUT2D eigenvalue weighted by molar-refractivity contribution is -0.131. The van der Waals surface area contributed by atoms with E-state index in [4.69, 9.17) is 4.74 Å². The van der Waals surface area contributed by atoms with Crippen molar-refractivity contribution in [2.24, 2.45) is 11.8 Å². The van der Waals surface area contributed by atoms with Crippen LogP contribution >= 0.6 is 0 Å². The number of hydrogen-bond acceptors (Lipinski definition) is 6. The quantitative estimate of drug-likeness (QED) is 0.388. The number of para-hydroxylation sites is 1. The van der Waals surface area contributed by atoms with Gasteiger partial charge in [-0.2, -0.15) is 0 Å². The van der Waals surface area contributed by atoms with Crippen molar-refractivity contribution < 1.29 is 23.9 Å². The Bertz CT molecular complexity index is 1010. The summed E-state index contributed by atoms with van der Waals surface area (Å²) in [5.41, 5.74) is 0.262. The van der Waals surface area contributed by atoms with E-state index in [1.807, 2.05) is 13.8 Å². The fourth-order valence-electron chi connectivity index (χ4n) is 5.24. The van der Waals surface area contributed by atoms with E-state index in [0.29, 0.717) is 37.6 Å². The first-order valence-electron chi connectivity index (χ1n) is 14.7. The Balaban J connectivity index is 1.82. The van der Waals surface area contributed by atoms with E-state index in [1.165, 1.54) is 6.42 Å². The van der Waals surface area contributed by atoms with Crippen LogP contribution in [0.1, 0.15) is 76.6 Å². The van der Waals surface area contributed by atoms with E-state index in [9.17, 15) is 19.2 Å². The number of likely N-dealkylation sites (tertiary alicyclic amines) is 1. The molecule has 2 aliphatic rings. The maximum atomic E-state index is 13.4. The lowest BCUT2D eigenvalue weighted by atomic mass is 10.00. The van der Waals surface area contributed by atoms with Crippen LogP contribution in [0, 0.1) is 11.8 Å². The molecular weight excluding hydrogens is 510 g/mol. The zero-order chi connectivity index (χ0) is 29.1. The molecule has 222 valence electrons. The predicted molar refractivity (Wildman–Crippen MR) is 154 cm³/mol. The molecular formula is C30H47N5O5. The molecule has 0 aliphatic carbocycles. The molecule has 1 aromatic carbocycles. The second-order valence-corrected chi connectivity index (χ2v) is 11.8. The predicted octanol–water partition coefficient (Wildman–Crippen LogP) is 2.23. The number of benzene rings is 1. The molecule has 2 aliphatic heterocycles. The molecule has 2 heterocycles. The van der Waals surface area contributed by atoms with Gasteiger partial charge in [-0.05, 0) is 62.7 Å². The SMILES string of the molecule is CC(C)C[C@@H]1COc2ccccc2C(=O)N[C@H](C(=O)NCCN2CCCCC2)CC(=O)N[C@H](CC(C)C)C(=O)N1. The zero-order valence-corrected chi connectivity index (χ0v) is 24.5. The average molecular weight is 558 g/mol. The minimum atomic E-state index is -1.11. The van der Waals surface area contributed by atoms with Crippen molar-refractivity contribution in [3.8, 4) is 5.75 Å². The van der Waals surface area contributed by atoms with Gasteiger partial charge in [-0.1, -0.05) is 46.2 Å². The molecule has 0 radical (unpaired) electrons. The summed E-state index contributed by atoms with van der Waals surface area (Å²) in [7, 11) is 0. The van der Waals surface area contributed by atoms with Gasteiger partial charge in [-0.25, -0.2) is 0 Å². The molecule has 1 saturated heterocycles. The van der Waals surface area contributed by atoms with Gasteiger partial charge < -0.3 is 30.9 Å². The van der Waals surface area contributed by atoms with Crippen molar-refractivity contribution in [3.63, 3.8) is 0 Å². The number of carbonyl (C=O) groups is 4. The van der Waals surface area contributed by atoms with E-state index >= 15 is 0 Å². The van der Waals surface area contributed by atoms with Crippen LogP contribution in [0.3, 0.4) is 0 Å². The lowest BCUT2D eigenvalue weighted by Gasteiger charge is -2.28. The molecule has 10 heteroatoms. The van der Waals surface area contributed by atoms with Gasteiger partial charge in [0, 0.05) is 13.1 Å². The van der Waals surface area contributed by atoms with Crippen molar-refractivity contribution in [1.82, 2.24) is 26.2 Å². The van der Waals surface area contributed by atoms with Crippen LogP contribution < -0.4 is 26.0 Å². The van der Waals surface area contributed by atoms with Crippen LogP contribution in [0.2, 0.25) is 0 Å². The van der Waals surface area contributed by atoms with Crippen LogP contribution in [0.4, 0.5) is 0 Å². The maximum absolute atomic E-state index is 13.4. The van der Waals surface area contributed by atoms with Gasteiger partial charge in [-0.3, -0.25) is 19.2 Å². The van der Waals surface area contributed by atoms with Gasteiger partial charge in [0.15, 0.2) is 0 Å². The summed E-state index contributed by atoms with van der Waals surface area (Å²) in [6, 6.07) is 4.61. The molecule has 3 atom stereocenters. The Hall–Kier alpha value is -3.14. The van der Waals surface area contributed by atoms with Gasteiger partial charge in [0.25, 0.3) is 5.91 Å². The molecule has 1 fully saturated rings. The van der Waals surface area contributed by atoms with Crippen molar-refractivity contribution >= 4 is 23.6 Å². The Morgan fingerprint density at radius 2 is 1.68 bits per heavy atom. The normalized spacial score (nSPS) is 23.4. The molecule has 10 nitrogen and oxygen atoms in total. The summed E-state index contributed by atoms with van der Waals surface area (Å²) in [6.45, 7) is 11.4. The van der Waals surface area contributed by atoms with Crippen LogP contribution in [0.25, 0.3) is 0 Å². The average Bonchev–Trinajstić information content (AvgIpc) is 2.90. The third-order valence-corrected chi connectivity index (χ3v) is 7.22. The van der Waals surface area contributed by atoms with Gasteiger partial charge in [0.2, 0.25) is 17.7 Å². The molecule has 0 spiro atoms. The Labute approximate surface area is 238 Å². The molecule has 0 bridgehead atoms. The summed E-state index contributed by atoms with van der Waals surface area (Å²) in [5.74, 6) is -0.901. The molecule has 3 rings (SSSR count). The fraction of sp³-hybridized carbons (Fsp3) is 0.667. The third-order valence-electron chi connectivity index (χ3n) is 7.22. The molecule has 4 N–H and O–H groups in total. The number of nitrogens with zero attached hydrogens (tertiary/aromatic N) is 1. The summed E-state index contributed by atoms with van der Waals surface area (Å²) in [5, 5.41) is 11.5. The number of fused-ring (bicyclic) bond motifs is 1. The summed E-state index contributed by atoms with van der Waals surface area (Å²) >= 11 is 0. The number of amides is 4. The Morgan fingerprint density at radius 1 is 0.975 bits per heavy atom. The topological polar surface area (TPSA) is 129 Å². The first-order valence-corrected chi connectivity index (χ1v) is 14.7. The number of rotatable bonds is 8. The van der Waals surface area contributed by atoms with E-state index in [1.54, 1.807) is 24.3 Å². The lowest BCUT2D eigenvalue weighted by Crippen LogP contribution is -2.54. The van der Waals surface area contributed by atoms with Crippen molar-refractivity contribution in [3.05, 3.63) is 29.8 Å². The second kappa shape index (κ2) is 15.6. The summed E-state index contributed by atoms with van der Waals surface area (Å²) < 4.78 is 6.06. The van der Waals surface area contributed by atoms with Gasteiger partial charge in [-0.15, -0.1) is 0 Å². The first-order chi connectivity index (χ1) is 19.1. The molecule has 0 unspecified atom stereocenters. The smallest absolute Gasteiger partial charge is 0.255 e. The second-order valence-electron chi connectivity index (χ2n) is 11.8. The highest BCUT2D eigenvalue weighted by Crippen LogP contribution is 2.20. The van der Waals surface area contributed by atoms with E-state index in [-0.39, 0.29) is 36.5 Å². The van der Waals surface area contributed by atoms with Gasteiger partial charge in [0.1, 0.15) is 24.4 Å². The minimum Gasteiger partial charge on any atom is -0.491 e. The number of piperidine rings is 1. The van der Waals surface area contributed by atoms with Crippen molar-refractivity contribution in [2.75, 3.05) is 32.8 Å². The number of ether oxygens (including phenoxy) is 1. The van der Waals surface area contributed by atoms with E-state index in [0.717, 1.165) is 25.9 Å². The third kappa shape index (κ3) is 10.1. The molecule has 40 heavy (non-hydrogen) atoms.